The fourth-order valence-electron chi connectivity index (χ4n) is 8.55. The molecule has 216 valence electrons. The average molecular weight is 561 g/mol. The second kappa shape index (κ2) is 9.22. The molecule has 9 unspecified atom stereocenters. The Bertz CT molecular complexity index is 1490. The van der Waals surface area contributed by atoms with Crippen LogP contribution in [0.5, 0.6) is 0 Å². The van der Waals surface area contributed by atoms with Crippen LogP contribution in [-0.2, 0) is 24.8 Å². The number of nitrogens with one attached hydrogen (secondary N) is 2. The van der Waals surface area contributed by atoms with Gasteiger partial charge in [0.15, 0.2) is 17.1 Å². The predicted octanol–water partition coefficient (Wildman–Crippen LogP) is 2.85. The van der Waals surface area contributed by atoms with Gasteiger partial charge in [-0.05, 0) is 56.2 Å². The summed E-state index contributed by atoms with van der Waals surface area (Å²) in [5.41, 5.74) is -0.986. The van der Waals surface area contributed by atoms with Crippen LogP contribution in [0.1, 0.15) is 52.5 Å². The van der Waals surface area contributed by atoms with Crippen LogP contribution in [0.4, 0.5) is 5.69 Å². The lowest BCUT2D eigenvalue weighted by Crippen LogP contribution is -2.56. The average Bonchev–Trinajstić information content (AvgIpc) is 3.45. The Labute approximate surface area is 238 Å². The number of allylic oxidation sites excluding steroid dienone is 3. The van der Waals surface area contributed by atoms with E-state index in [0.29, 0.717) is 34.4 Å². The van der Waals surface area contributed by atoms with Crippen LogP contribution in [0, 0.1) is 35.0 Å². The SMILES string of the molecule is CC1=C(C)C2C(CC3(O)C(=O)Nc4ccccc43)NC(=O)C23C(=O)CC2C(=O)C(O)=C(C)C2C(C)CC=CC3C1O. The lowest BCUT2D eigenvalue weighted by molar-refractivity contribution is -0.149. The molecule has 6 rings (SSSR count). The molecule has 1 aromatic carbocycles. The first-order valence-corrected chi connectivity index (χ1v) is 14.3. The van der Waals surface area contributed by atoms with Crippen molar-refractivity contribution in [3.8, 4) is 0 Å². The zero-order valence-corrected chi connectivity index (χ0v) is 23.6. The van der Waals surface area contributed by atoms with E-state index in [1.165, 1.54) is 0 Å². The van der Waals surface area contributed by atoms with Gasteiger partial charge in [-0.25, -0.2) is 0 Å². The molecule has 9 heteroatoms. The second-order valence-corrected chi connectivity index (χ2v) is 12.6. The van der Waals surface area contributed by atoms with Crippen LogP contribution in [-0.4, -0.2) is 50.8 Å². The number of para-hydroxylation sites is 1. The largest absolute Gasteiger partial charge is 0.504 e. The maximum Gasteiger partial charge on any atom is 0.261 e. The normalized spacial score (nSPS) is 40.2. The first kappa shape index (κ1) is 27.6. The van der Waals surface area contributed by atoms with E-state index < -0.39 is 64.3 Å². The number of benzene rings is 1. The van der Waals surface area contributed by atoms with Crippen LogP contribution in [0.15, 0.2) is 58.9 Å². The highest BCUT2D eigenvalue weighted by molar-refractivity contribution is 6.12. The zero-order chi connectivity index (χ0) is 29.6. The maximum atomic E-state index is 14.6. The zero-order valence-electron chi connectivity index (χ0n) is 23.6. The lowest BCUT2D eigenvalue weighted by atomic mass is 9.53. The van der Waals surface area contributed by atoms with Crippen molar-refractivity contribution in [2.24, 2.45) is 35.0 Å². The summed E-state index contributed by atoms with van der Waals surface area (Å²) in [4.78, 5) is 55.1. The fourth-order valence-corrected chi connectivity index (χ4v) is 8.55. The topological polar surface area (TPSA) is 153 Å². The third-order valence-electron chi connectivity index (χ3n) is 10.7. The Morgan fingerprint density at radius 3 is 2.44 bits per heavy atom. The van der Waals surface area contributed by atoms with Gasteiger partial charge in [-0.2, -0.15) is 0 Å². The summed E-state index contributed by atoms with van der Waals surface area (Å²) in [6.07, 6.45) is 2.59. The molecule has 0 bridgehead atoms. The van der Waals surface area contributed by atoms with E-state index >= 15 is 0 Å². The number of Topliss-reactive ketones (excluding diaryl/α,β-unsaturated/α-hetero) is 2. The van der Waals surface area contributed by atoms with E-state index in [-0.39, 0.29) is 30.4 Å². The number of anilines is 1. The third-order valence-corrected chi connectivity index (χ3v) is 10.7. The van der Waals surface area contributed by atoms with E-state index in [9.17, 15) is 34.5 Å². The van der Waals surface area contributed by atoms with E-state index in [1.54, 1.807) is 51.1 Å². The van der Waals surface area contributed by atoms with Crippen LogP contribution in [0.25, 0.3) is 0 Å². The summed E-state index contributed by atoms with van der Waals surface area (Å²) in [5, 5.41) is 39.5. The molecular weight excluding hydrogens is 524 g/mol. The highest BCUT2D eigenvalue weighted by Gasteiger charge is 2.68. The van der Waals surface area contributed by atoms with Crippen molar-refractivity contribution in [3.05, 3.63) is 64.5 Å². The van der Waals surface area contributed by atoms with Crippen molar-refractivity contribution >= 4 is 29.1 Å². The van der Waals surface area contributed by atoms with Crippen molar-refractivity contribution in [3.63, 3.8) is 0 Å². The molecule has 2 aliphatic heterocycles. The van der Waals surface area contributed by atoms with Gasteiger partial charge in [0.05, 0.1) is 6.10 Å². The molecule has 41 heavy (non-hydrogen) atoms. The van der Waals surface area contributed by atoms with Crippen molar-refractivity contribution < 1.29 is 34.5 Å². The highest BCUT2D eigenvalue weighted by atomic mass is 16.3. The van der Waals surface area contributed by atoms with Crippen LogP contribution in [0.2, 0.25) is 0 Å². The van der Waals surface area contributed by atoms with Gasteiger partial charge < -0.3 is 26.0 Å². The van der Waals surface area contributed by atoms with Crippen molar-refractivity contribution in [2.75, 3.05) is 5.32 Å². The Morgan fingerprint density at radius 2 is 1.71 bits per heavy atom. The van der Waals surface area contributed by atoms with Crippen LogP contribution < -0.4 is 10.6 Å². The minimum absolute atomic E-state index is 0.0537. The monoisotopic (exact) mass is 560 g/mol. The molecule has 1 fully saturated rings. The Kier molecular flexibility index (Phi) is 6.21. The minimum Gasteiger partial charge on any atom is -0.504 e. The Balaban J connectivity index is 1.48. The van der Waals surface area contributed by atoms with E-state index in [4.69, 9.17) is 0 Å². The minimum atomic E-state index is -1.94. The summed E-state index contributed by atoms with van der Waals surface area (Å²) in [5.74, 6) is -5.39. The van der Waals surface area contributed by atoms with E-state index in [1.807, 2.05) is 13.0 Å². The molecule has 0 saturated carbocycles. The third kappa shape index (κ3) is 3.54. The summed E-state index contributed by atoms with van der Waals surface area (Å²) in [6.45, 7) is 7.23. The highest BCUT2D eigenvalue weighted by Crippen LogP contribution is 2.58. The van der Waals surface area contributed by atoms with Gasteiger partial charge in [0, 0.05) is 47.9 Å². The number of amides is 2. The number of hydrogen-bond acceptors (Lipinski definition) is 7. The van der Waals surface area contributed by atoms with Crippen molar-refractivity contribution in [1.29, 1.82) is 0 Å². The standard InChI is InChI=1S/C32H36N2O7/c1-14-8-7-10-20-26(36)16(3)15(2)25-22(13-31(41)19-9-5-6-11-21(19)33-29(31)39)34-30(40)32(20,25)23(35)12-18-24(14)17(4)27(37)28(18)38/h5-7,9-11,14,18,20,22,24-26,36-37,41H,8,12-13H2,1-4H3,(H,33,39)(H,34,40). The Hall–Kier alpha value is -3.56. The molecule has 0 aromatic heterocycles. The van der Waals surface area contributed by atoms with Crippen LogP contribution in [0.3, 0.4) is 0 Å². The van der Waals surface area contributed by atoms with Crippen molar-refractivity contribution in [1.82, 2.24) is 5.32 Å². The van der Waals surface area contributed by atoms with Gasteiger partial charge in [-0.1, -0.05) is 42.8 Å². The number of aliphatic hydroxyl groups is 3. The van der Waals surface area contributed by atoms with Gasteiger partial charge in [0.25, 0.3) is 5.91 Å². The molecule has 2 amide bonds. The summed E-state index contributed by atoms with van der Waals surface area (Å²) in [6, 6.07) is 6.01. The number of fused-ring (bicyclic) bond motifs is 2. The van der Waals surface area contributed by atoms with E-state index in [2.05, 4.69) is 10.6 Å². The molecule has 3 aliphatic carbocycles. The molecule has 5 N–H and O–H groups in total. The van der Waals surface area contributed by atoms with Gasteiger partial charge in [-0.15, -0.1) is 0 Å². The molecule has 1 aromatic rings. The predicted molar refractivity (Wildman–Crippen MR) is 149 cm³/mol. The van der Waals surface area contributed by atoms with E-state index in [0.717, 1.165) is 0 Å². The number of rotatable bonds is 2. The van der Waals surface area contributed by atoms with Gasteiger partial charge >= 0.3 is 0 Å². The number of ketones is 2. The smallest absolute Gasteiger partial charge is 0.261 e. The van der Waals surface area contributed by atoms with Gasteiger partial charge in [0.1, 0.15) is 5.41 Å². The molecule has 2 heterocycles. The summed E-state index contributed by atoms with van der Waals surface area (Å²) >= 11 is 0. The number of carbonyl (C=O) groups excluding carboxylic acids is 4. The maximum absolute atomic E-state index is 14.6. The van der Waals surface area contributed by atoms with Gasteiger partial charge in [0.2, 0.25) is 11.7 Å². The molecule has 0 radical (unpaired) electrons. The van der Waals surface area contributed by atoms with Crippen LogP contribution >= 0.6 is 0 Å². The number of carbonyl (C=O) groups is 4. The molecule has 1 saturated heterocycles. The second-order valence-electron chi connectivity index (χ2n) is 12.6. The molecular formula is C32H36N2O7. The number of aliphatic hydroxyl groups excluding tert-OH is 2. The van der Waals surface area contributed by atoms with Gasteiger partial charge in [-0.3, -0.25) is 19.2 Å². The first-order valence-electron chi connectivity index (χ1n) is 14.3. The first-order chi connectivity index (χ1) is 19.3. The molecule has 5 aliphatic rings. The van der Waals surface area contributed by atoms with Crippen molar-refractivity contribution in [2.45, 2.75) is 64.7 Å². The Morgan fingerprint density at radius 1 is 1.00 bits per heavy atom. The fraction of sp³-hybridized carbons (Fsp3) is 0.500. The molecule has 1 spiro atoms. The quantitative estimate of drug-likeness (QED) is 0.275. The molecule has 9 nitrogen and oxygen atoms in total. The lowest BCUT2D eigenvalue weighted by Gasteiger charge is -2.47. The summed E-state index contributed by atoms with van der Waals surface area (Å²) in [7, 11) is 0. The molecule has 9 atom stereocenters. The summed E-state index contributed by atoms with van der Waals surface area (Å²) < 4.78 is 0. The number of hydrogen-bond donors (Lipinski definition) is 5.